The molecule has 1 aliphatic carbocycles. The molecule has 1 aliphatic rings. The van der Waals surface area contributed by atoms with Gasteiger partial charge >= 0.3 is 6.18 Å². The molecule has 37 heavy (non-hydrogen) atoms. The van der Waals surface area contributed by atoms with Gasteiger partial charge in [0.1, 0.15) is 18.2 Å². The number of sulfonamides is 1. The van der Waals surface area contributed by atoms with E-state index in [-0.39, 0.29) is 18.3 Å². The highest BCUT2D eigenvalue weighted by molar-refractivity contribution is 7.89. The van der Waals surface area contributed by atoms with Gasteiger partial charge in [-0.15, -0.1) is 0 Å². The molecule has 4 N–H and O–H groups in total. The third kappa shape index (κ3) is 7.69. The molecule has 0 aliphatic heterocycles. The average molecular weight is 534 g/mol. The Morgan fingerprint density at radius 2 is 1.81 bits per heavy atom. The van der Waals surface area contributed by atoms with Crippen LogP contribution in [0, 0.1) is 11.3 Å². The quantitative estimate of drug-likeness (QED) is 0.250. The second-order valence-corrected chi connectivity index (χ2v) is 11.5. The summed E-state index contributed by atoms with van der Waals surface area (Å²) in [6, 6.07) is 17.6. The number of nitrogen functional groups attached to an aromatic ring is 1. The molecule has 0 saturated carbocycles. The first-order valence-electron chi connectivity index (χ1n) is 12.1. The lowest BCUT2D eigenvalue weighted by atomic mass is 9.84. The van der Waals surface area contributed by atoms with Crippen molar-refractivity contribution in [2.45, 2.75) is 44.9 Å². The summed E-state index contributed by atoms with van der Waals surface area (Å²) in [5.41, 5.74) is 9.54. The molecule has 0 amide bonds. The SMILES string of the molecule is N=C(N)c1ccc2cc(COc3ccc4c(c3)CC(CNS(=O)(=O)CCCC(F)(F)F)CC4)ccc2c1. The fourth-order valence-electron chi connectivity index (χ4n) is 4.57. The minimum atomic E-state index is -4.35. The van der Waals surface area contributed by atoms with Gasteiger partial charge in [0.25, 0.3) is 0 Å². The summed E-state index contributed by atoms with van der Waals surface area (Å²) < 4.78 is 69.6. The number of fused-ring (bicyclic) bond motifs is 2. The van der Waals surface area contributed by atoms with Crippen molar-refractivity contribution < 1.29 is 26.3 Å². The summed E-state index contributed by atoms with van der Waals surface area (Å²) in [6.45, 7) is 0.589. The van der Waals surface area contributed by atoms with Crippen LogP contribution in [0.15, 0.2) is 54.6 Å². The van der Waals surface area contributed by atoms with E-state index in [4.69, 9.17) is 15.9 Å². The fraction of sp³-hybridized carbons (Fsp3) is 0.370. The van der Waals surface area contributed by atoms with Crippen LogP contribution >= 0.6 is 0 Å². The van der Waals surface area contributed by atoms with Crippen molar-refractivity contribution in [3.05, 3.63) is 76.9 Å². The molecule has 4 rings (SSSR count). The van der Waals surface area contributed by atoms with Crippen molar-refractivity contribution in [3.63, 3.8) is 0 Å². The molecule has 0 saturated heterocycles. The van der Waals surface area contributed by atoms with Gasteiger partial charge in [-0.25, -0.2) is 13.1 Å². The average Bonchev–Trinajstić information content (AvgIpc) is 2.84. The minimum Gasteiger partial charge on any atom is -0.489 e. The van der Waals surface area contributed by atoms with Crippen LogP contribution in [0.5, 0.6) is 5.75 Å². The van der Waals surface area contributed by atoms with E-state index in [1.165, 1.54) is 5.56 Å². The number of benzene rings is 3. The summed E-state index contributed by atoms with van der Waals surface area (Å²) in [5, 5.41) is 9.60. The van der Waals surface area contributed by atoms with Gasteiger partial charge in [0.2, 0.25) is 10.0 Å². The van der Waals surface area contributed by atoms with Crippen molar-refractivity contribution in [2.75, 3.05) is 12.3 Å². The van der Waals surface area contributed by atoms with Gasteiger partial charge in [0.15, 0.2) is 0 Å². The van der Waals surface area contributed by atoms with E-state index in [1.54, 1.807) is 0 Å². The molecule has 1 unspecified atom stereocenters. The highest BCUT2D eigenvalue weighted by Crippen LogP contribution is 2.29. The van der Waals surface area contributed by atoms with Gasteiger partial charge in [-0.1, -0.05) is 30.3 Å². The van der Waals surface area contributed by atoms with Crippen molar-refractivity contribution in [1.82, 2.24) is 4.72 Å². The summed E-state index contributed by atoms with van der Waals surface area (Å²) in [4.78, 5) is 0. The molecule has 3 aromatic carbocycles. The predicted molar refractivity (Wildman–Crippen MR) is 138 cm³/mol. The summed E-state index contributed by atoms with van der Waals surface area (Å²) in [5.74, 6) is 0.294. The highest BCUT2D eigenvalue weighted by Gasteiger charge is 2.28. The monoisotopic (exact) mass is 533 g/mol. The lowest BCUT2D eigenvalue weighted by molar-refractivity contribution is -0.134. The maximum Gasteiger partial charge on any atom is 0.389 e. The normalized spacial score (nSPS) is 15.9. The molecular weight excluding hydrogens is 503 g/mol. The molecule has 6 nitrogen and oxygen atoms in total. The maximum atomic E-state index is 12.3. The summed E-state index contributed by atoms with van der Waals surface area (Å²) in [7, 11) is -3.74. The molecule has 0 radical (unpaired) electrons. The van der Waals surface area contributed by atoms with E-state index < -0.39 is 34.8 Å². The number of amidine groups is 1. The molecule has 0 fully saturated rings. The summed E-state index contributed by atoms with van der Waals surface area (Å²) >= 11 is 0. The first-order valence-corrected chi connectivity index (χ1v) is 13.8. The Hall–Kier alpha value is -3.11. The zero-order chi connectivity index (χ0) is 26.6. The molecule has 0 spiro atoms. The lowest BCUT2D eigenvalue weighted by Gasteiger charge is -2.25. The molecule has 3 aromatic rings. The maximum absolute atomic E-state index is 12.3. The lowest BCUT2D eigenvalue weighted by Crippen LogP contribution is -2.33. The van der Waals surface area contributed by atoms with Crippen molar-refractivity contribution in [1.29, 1.82) is 5.41 Å². The zero-order valence-electron chi connectivity index (χ0n) is 20.3. The summed E-state index contributed by atoms with van der Waals surface area (Å²) in [6.07, 6.45) is -3.61. The van der Waals surface area contributed by atoms with Crippen molar-refractivity contribution in [2.24, 2.45) is 11.7 Å². The van der Waals surface area contributed by atoms with Gasteiger partial charge in [0.05, 0.1) is 5.75 Å². The third-order valence-electron chi connectivity index (χ3n) is 6.59. The predicted octanol–water partition coefficient (Wildman–Crippen LogP) is 5.07. The fourth-order valence-corrected chi connectivity index (χ4v) is 5.73. The molecule has 10 heteroatoms. The topological polar surface area (TPSA) is 105 Å². The molecule has 0 heterocycles. The molecule has 0 bridgehead atoms. The Morgan fingerprint density at radius 3 is 2.57 bits per heavy atom. The van der Waals surface area contributed by atoms with Gasteiger partial charge < -0.3 is 10.5 Å². The number of halogens is 3. The Labute approximate surface area is 214 Å². The number of nitrogens with two attached hydrogens (primary N) is 1. The van der Waals surface area contributed by atoms with E-state index >= 15 is 0 Å². The van der Waals surface area contributed by atoms with E-state index in [9.17, 15) is 21.6 Å². The Kier molecular flexibility index (Phi) is 8.08. The van der Waals surface area contributed by atoms with Crippen LogP contribution in [0.2, 0.25) is 0 Å². The third-order valence-corrected chi connectivity index (χ3v) is 8.03. The molecule has 0 aromatic heterocycles. The van der Waals surface area contributed by atoms with Crippen LogP contribution in [-0.2, 0) is 29.5 Å². The second kappa shape index (κ2) is 11.1. The van der Waals surface area contributed by atoms with Crippen molar-refractivity contribution >= 4 is 26.6 Å². The molecular formula is C27H30F3N3O3S. The van der Waals surface area contributed by atoms with Crippen LogP contribution < -0.4 is 15.2 Å². The first-order chi connectivity index (χ1) is 17.5. The zero-order valence-corrected chi connectivity index (χ0v) is 21.1. The van der Waals surface area contributed by atoms with E-state index in [2.05, 4.69) is 4.72 Å². The standard InChI is InChI=1S/C27H30F3N3O3S/c28-27(29,30)10-1-11-37(34,35)33-16-18-2-4-20-8-9-25(15-24(20)12-18)36-17-19-3-5-22-14-23(26(31)32)7-6-21(22)13-19/h3,5-9,13-15,18,33H,1-2,4,10-12,16-17H2,(H3,31,32). The first kappa shape index (κ1) is 26.9. The number of alkyl halides is 3. The van der Waals surface area contributed by atoms with Crippen molar-refractivity contribution in [3.8, 4) is 5.75 Å². The molecule has 198 valence electrons. The van der Waals surface area contributed by atoms with E-state index in [0.717, 1.165) is 40.5 Å². The van der Waals surface area contributed by atoms with Gasteiger partial charge in [-0.05, 0) is 83.3 Å². The number of hydrogen-bond acceptors (Lipinski definition) is 4. The second-order valence-electron chi connectivity index (χ2n) is 9.52. The van der Waals surface area contributed by atoms with Crippen LogP contribution in [0.3, 0.4) is 0 Å². The highest BCUT2D eigenvalue weighted by atomic mass is 32.2. The van der Waals surface area contributed by atoms with Crippen LogP contribution in [-0.4, -0.2) is 32.7 Å². The number of rotatable bonds is 10. The number of aryl methyl sites for hydroxylation is 1. The van der Waals surface area contributed by atoms with Gasteiger partial charge in [-0.3, -0.25) is 5.41 Å². The van der Waals surface area contributed by atoms with Crippen LogP contribution in [0.25, 0.3) is 10.8 Å². The van der Waals surface area contributed by atoms with Crippen LogP contribution in [0.1, 0.15) is 41.5 Å². The Morgan fingerprint density at radius 1 is 1.05 bits per heavy atom. The minimum absolute atomic E-state index is 0.0299. The number of nitrogens with one attached hydrogen (secondary N) is 2. The number of ether oxygens (including phenoxy) is 1. The van der Waals surface area contributed by atoms with E-state index in [0.29, 0.717) is 18.6 Å². The smallest absolute Gasteiger partial charge is 0.389 e. The van der Waals surface area contributed by atoms with Crippen LogP contribution in [0.4, 0.5) is 13.2 Å². The Bertz CT molecular complexity index is 1390. The van der Waals surface area contributed by atoms with Gasteiger partial charge in [0, 0.05) is 18.5 Å². The van der Waals surface area contributed by atoms with Gasteiger partial charge in [-0.2, -0.15) is 13.2 Å². The molecule has 1 atom stereocenters. The Balaban J connectivity index is 1.32. The van der Waals surface area contributed by atoms with E-state index in [1.807, 2.05) is 54.6 Å². The number of hydrogen-bond donors (Lipinski definition) is 3. The largest absolute Gasteiger partial charge is 0.489 e.